The van der Waals surface area contributed by atoms with E-state index in [-0.39, 0.29) is 0 Å². The second kappa shape index (κ2) is 10.7. The van der Waals surface area contributed by atoms with Crippen LogP contribution in [-0.4, -0.2) is 47.7 Å². The van der Waals surface area contributed by atoms with Gasteiger partial charge in [-0.15, -0.1) is 0 Å². The van der Waals surface area contributed by atoms with Gasteiger partial charge in [0, 0.05) is 56.8 Å². The van der Waals surface area contributed by atoms with E-state index in [1.165, 1.54) is 5.69 Å². The number of piperidine rings is 1. The Balaban J connectivity index is 1.40. The van der Waals surface area contributed by atoms with Crippen LogP contribution in [0.2, 0.25) is 0 Å². The quantitative estimate of drug-likeness (QED) is 0.418. The lowest BCUT2D eigenvalue weighted by atomic mass is 10.0. The van der Waals surface area contributed by atoms with Gasteiger partial charge in [-0.3, -0.25) is 4.99 Å². The minimum atomic E-state index is 0.492. The first kappa shape index (κ1) is 20.2. The molecule has 1 fully saturated rings. The summed E-state index contributed by atoms with van der Waals surface area (Å²) in [6, 6.07) is 11.2. The predicted molar refractivity (Wildman–Crippen MR) is 117 cm³/mol. The number of hydrogen-bond acceptors (Lipinski definition) is 3. The highest BCUT2D eigenvalue weighted by molar-refractivity contribution is 5.80. The molecule has 0 atom stereocenters. The summed E-state index contributed by atoms with van der Waals surface area (Å²) in [6.45, 7) is 9.11. The standard InChI is InChI=1S/C22H34N6/c1-3-23-22(25-13-7-8-15-27-18-14-24-19(27)2)26-20-11-16-28(17-12-20)21-9-5-4-6-10-21/h4-6,9-10,14,18,20H,3,7-8,11-13,15-17H2,1-2H3,(H2,23,25,26). The lowest BCUT2D eigenvalue weighted by Gasteiger charge is -2.34. The van der Waals surface area contributed by atoms with Crippen LogP contribution in [0.1, 0.15) is 38.4 Å². The maximum Gasteiger partial charge on any atom is 0.191 e. The molecule has 0 spiro atoms. The highest BCUT2D eigenvalue weighted by Crippen LogP contribution is 2.19. The van der Waals surface area contributed by atoms with Crippen LogP contribution in [0, 0.1) is 6.92 Å². The summed E-state index contributed by atoms with van der Waals surface area (Å²) in [6.07, 6.45) is 8.39. The van der Waals surface area contributed by atoms with Crippen molar-refractivity contribution in [3.63, 3.8) is 0 Å². The second-order valence-electron chi connectivity index (χ2n) is 7.38. The summed E-state index contributed by atoms with van der Waals surface area (Å²) in [4.78, 5) is 11.5. The Morgan fingerprint density at radius 2 is 1.96 bits per heavy atom. The topological polar surface area (TPSA) is 57.5 Å². The number of aryl methyl sites for hydroxylation is 2. The van der Waals surface area contributed by atoms with Crippen molar-refractivity contribution >= 4 is 11.6 Å². The van der Waals surface area contributed by atoms with Gasteiger partial charge in [0.15, 0.2) is 5.96 Å². The van der Waals surface area contributed by atoms with E-state index in [1.807, 2.05) is 12.4 Å². The second-order valence-corrected chi connectivity index (χ2v) is 7.38. The average molecular weight is 383 g/mol. The van der Waals surface area contributed by atoms with Gasteiger partial charge >= 0.3 is 0 Å². The van der Waals surface area contributed by atoms with E-state index in [9.17, 15) is 0 Å². The van der Waals surface area contributed by atoms with Crippen LogP contribution in [-0.2, 0) is 6.54 Å². The van der Waals surface area contributed by atoms with Gasteiger partial charge in [0.05, 0.1) is 0 Å². The zero-order valence-electron chi connectivity index (χ0n) is 17.3. The van der Waals surface area contributed by atoms with Crippen molar-refractivity contribution in [2.24, 2.45) is 4.99 Å². The summed E-state index contributed by atoms with van der Waals surface area (Å²) in [5.74, 6) is 2.04. The lowest BCUT2D eigenvalue weighted by Crippen LogP contribution is -2.48. The van der Waals surface area contributed by atoms with Gasteiger partial charge in [0.1, 0.15) is 5.82 Å². The first-order chi connectivity index (χ1) is 13.8. The lowest BCUT2D eigenvalue weighted by molar-refractivity contribution is 0.461. The highest BCUT2D eigenvalue weighted by atomic mass is 15.2. The van der Waals surface area contributed by atoms with Crippen molar-refractivity contribution in [1.29, 1.82) is 0 Å². The van der Waals surface area contributed by atoms with Crippen molar-refractivity contribution in [3.8, 4) is 0 Å². The van der Waals surface area contributed by atoms with Gasteiger partial charge in [-0.05, 0) is 51.7 Å². The molecule has 1 aromatic heterocycles. The zero-order valence-corrected chi connectivity index (χ0v) is 17.3. The molecule has 1 saturated heterocycles. The third-order valence-corrected chi connectivity index (χ3v) is 5.30. The summed E-state index contributed by atoms with van der Waals surface area (Å²) in [7, 11) is 0. The van der Waals surface area contributed by atoms with Gasteiger partial charge in [-0.25, -0.2) is 4.98 Å². The van der Waals surface area contributed by atoms with E-state index < -0.39 is 0 Å². The van der Waals surface area contributed by atoms with Crippen LogP contribution >= 0.6 is 0 Å². The molecule has 1 aliphatic heterocycles. The Morgan fingerprint density at radius 1 is 1.18 bits per heavy atom. The number of para-hydroxylation sites is 1. The molecule has 1 aliphatic rings. The minimum Gasteiger partial charge on any atom is -0.371 e. The summed E-state index contributed by atoms with van der Waals surface area (Å²) < 4.78 is 2.20. The van der Waals surface area contributed by atoms with Gasteiger partial charge in [-0.2, -0.15) is 0 Å². The van der Waals surface area contributed by atoms with Gasteiger partial charge in [0.25, 0.3) is 0 Å². The number of rotatable bonds is 8. The van der Waals surface area contributed by atoms with E-state index in [2.05, 4.69) is 69.3 Å². The van der Waals surface area contributed by atoms with Crippen molar-refractivity contribution in [3.05, 3.63) is 48.5 Å². The van der Waals surface area contributed by atoms with Crippen LogP contribution in [0.25, 0.3) is 0 Å². The Kier molecular flexibility index (Phi) is 7.76. The smallest absolute Gasteiger partial charge is 0.191 e. The maximum absolute atomic E-state index is 4.78. The van der Waals surface area contributed by atoms with Crippen LogP contribution in [0.3, 0.4) is 0 Å². The monoisotopic (exact) mass is 382 g/mol. The molecule has 0 amide bonds. The number of nitrogens with one attached hydrogen (secondary N) is 2. The van der Waals surface area contributed by atoms with E-state index in [0.29, 0.717) is 6.04 Å². The number of hydrogen-bond donors (Lipinski definition) is 2. The van der Waals surface area contributed by atoms with Crippen molar-refractivity contribution in [2.75, 3.05) is 31.1 Å². The minimum absolute atomic E-state index is 0.492. The summed E-state index contributed by atoms with van der Waals surface area (Å²) >= 11 is 0. The first-order valence-electron chi connectivity index (χ1n) is 10.6. The van der Waals surface area contributed by atoms with Crippen molar-refractivity contribution in [2.45, 2.75) is 52.1 Å². The fraction of sp³-hybridized carbons (Fsp3) is 0.545. The molecule has 2 heterocycles. The molecule has 0 radical (unpaired) electrons. The third-order valence-electron chi connectivity index (χ3n) is 5.30. The molecular formula is C22H34N6. The van der Waals surface area contributed by atoms with E-state index in [1.54, 1.807) is 0 Å². The molecular weight excluding hydrogens is 348 g/mol. The van der Waals surface area contributed by atoms with E-state index in [0.717, 1.165) is 70.2 Å². The Bertz CT molecular complexity index is 716. The van der Waals surface area contributed by atoms with Gasteiger partial charge in [-0.1, -0.05) is 18.2 Å². The van der Waals surface area contributed by atoms with Crippen LogP contribution in [0.5, 0.6) is 0 Å². The van der Waals surface area contributed by atoms with Gasteiger partial charge in [0.2, 0.25) is 0 Å². The number of nitrogens with zero attached hydrogens (tertiary/aromatic N) is 4. The van der Waals surface area contributed by atoms with Crippen LogP contribution in [0.4, 0.5) is 5.69 Å². The molecule has 3 rings (SSSR count). The summed E-state index contributed by atoms with van der Waals surface area (Å²) in [5.41, 5.74) is 1.33. The van der Waals surface area contributed by atoms with Crippen LogP contribution in [0.15, 0.2) is 47.7 Å². The number of anilines is 1. The number of aromatic nitrogens is 2. The molecule has 1 aromatic carbocycles. The van der Waals surface area contributed by atoms with E-state index in [4.69, 9.17) is 4.99 Å². The SMILES string of the molecule is CCNC(=NCCCCn1ccnc1C)NC1CCN(c2ccccc2)CC1. The molecule has 0 unspecified atom stereocenters. The normalized spacial score (nSPS) is 15.6. The number of unbranched alkanes of at least 4 members (excludes halogenated alkanes) is 1. The Labute approximate surface area is 169 Å². The summed E-state index contributed by atoms with van der Waals surface area (Å²) in [5, 5.41) is 7.04. The molecule has 6 nitrogen and oxygen atoms in total. The molecule has 2 N–H and O–H groups in total. The Hall–Kier alpha value is -2.50. The fourth-order valence-electron chi connectivity index (χ4n) is 3.66. The average Bonchev–Trinajstić information content (AvgIpc) is 3.14. The molecule has 6 heteroatoms. The third kappa shape index (κ3) is 6.01. The molecule has 2 aromatic rings. The maximum atomic E-state index is 4.78. The molecule has 0 saturated carbocycles. The molecule has 0 aliphatic carbocycles. The van der Waals surface area contributed by atoms with Gasteiger partial charge < -0.3 is 20.1 Å². The number of benzene rings is 1. The van der Waals surface area contributed by atoms with Crippen molar-refractivity contribution in [1.82, 2.24) is 20.2 Å². The number of guanidine groups is 1. The van der Waals surface area contributed by atoms with Crippen LogP contribution < -0.4 is 15.5 Å². The first-order valence-corrected chi connectivity index (χ1v) is 10.6. The van der Waals surface area contributed by atoms with E-state index >= 15 is 0 Å². The Morgan fingerprint density at radius 3 is 2.64 bits per heavy atom. The zero-order chi connectivity index (χ0) is 19.6. The fourth-order valence-corrected chi connectivity index (χ4v) is 3.66. The van der Waals surface area contributed by atoms with Crippen molar-refractivity contribution < 1.29 is 0 Å². The number of aliphatic imine (C=N–C) groups is 1. The predicted octanol–water partition coefficient (Wildman–Crippen LogP) is 3.20. The molecule has 28 heavy (non-hydrogen) atoms. The molecule has 0 bridgehead atoms. The largest absolute Gasteiger partial charge is 0.371 e. The highest BCUT2D eigenvalue weighted by Gasteiger charge is 2.20. The molecule has 152 valence electrons. The number of imidazole rings is 1.